The molecule has 0 bridgehead atoms. The van der Waals surface area contributed by atoms with Gasteiger partial charge in [0.2, 0.25) is 0 Å². The van der Waals surface area contributed by atoms with Crippen molar-refractivity contribution >= 4 is 16.3 Å². The van der Waals surface area contributed by atoms with Crippen LogP contribution >= 0.6 is 11.3 Å². The summed E-state index contributed by atoms with van der Waals surface area (Å²) in [4.78, 5) is 5.55. The zero-order chi connectivity index (χ0) is 14.0. The molecule has 3 aromatic rings. The average Bonchev–Trinajstić information content (AvgIpc) is 3.00. The summed E-state index contributed by atoms with van der Waals surface area (Å²) in [5.41, 5.74) is 1.39. The minimum absolute atomic E-state index is 0.590. The van der Waals surface area contributed by atoms with Gasteiger partial charge in [-0.2, -0.15) is 0 Å². The monoisotopic (exact) mass is 286 g/mol. The molecule has 0 fully saturated rings. The number of aliphatic hydroxyl groups is 1. The third-order valence-corrected chi connectivity index (χ3v) is 4.46. The van der Waals surface area contributed by atoms with Gasteiger partial charge in [0.05, 0.1) is 11.3 Å². The second kappa shape index (κ2) is 5.38. The van der Waals surface area contributed by atoms with Crippen molar-refractivity contribution in [3.63, 3.8) is 0 Å². The Labute approximate surface area is 122 Å². The molecule has 0 spiro atoms. The molecule has 0 amide bonds. The van der Waals surface area contributed by atoms with Gasteiger partial charge in [0.15, 0.2) is 4.96 Å². The molecular formula is C16H18N2OS. The number of rotatable bonds is 5. The summed E-state index contributed by atoms with van der Waals surface area (Å²) in [6.07, 6.45) is 5.98. The van der Waals surface area contributed by atoms with Crippen LogP contribution in [0.2, 0.25) is 0 Å². The number of thiazole rings is 1. The summed E-state index contributed by atoms with van der Waals surface area (Å²) < 4.78 is 2.01. The number of nitrogens with zero attached hydrogens (tertiary/aromatic N) is 2. The molecule has 1 unspecified atom stereocenters. The van der Waals surface area contributed by atoms with Gasteiger partial charge in [0.25, 0.3) is 0 Å². The van der Waals surface area contributed by atoms with E-state index < -0.39 is 5.60 Å². The highest BCUT2D eigenvalue weighted by atomic mass is 32.1. The van der Waals surface area contributed by atoms with E-state index in [2.05, 4.69) is 17.1 Å². The summed E-state index contributed by atoms with van der Waals surface area (Å²) in [5.74, 6) is 0. The minimum atomic E-state index is -0.731. The van der Waals surface area contributed by atoms with Gasteiger partial charge in [-0.1, -0.05) is 37.3 Å². The molecule has 0 aliphatic rings. The zero-order valence-electron chi connectivity index (χ0n) is 11.5. The number of aromatic nitrogens is 2. The first-order valence-electron chi connectivity index (χ1n) is 6.86. The lowest BCUT2D eigenvalue weighted by Crippen LogP contribution is -2.33. The fourth-order valence-corrected chi connectivity index (χ4v) is 3.21. The van der Waals surface area contributed by atoms with Crippen LogP contribution in [0.1, 0.15) is 24.6 Å². The van der Waals surface area contributed by atoms with Gasteiger partial charge in [-0.05, 0) is 12.0 Å². The molecule has 0 aliphatic carbocycles. The van der Waals surface area contributed by atoms with E-state index in [1.165, 1.54) is 0 Å². The summed E-state index contributed by atoms with van der Waals surface area (Å²) in [5, 5.41) is 12.9. The zero-order valence-corrected chi connectivity index (χ0v) is 12.3. The summed E-state index contributed by atoms with van der Waals surface area (Å²) in [6.45, 7) is 2.03. The van der Waals surface area contributed by atoms with E-state index in [-0.39, 0.29) is 0 Å². The second-order valence-corrected chi connectivity index (χ2v) is 6.12. The molecule has 3 rings (SSSR count). The fourth-order valence-electron chi connectivity index (χ4n) is 2.49. The van der Waals surface area contributed by atoms with Crippen molar-refractivity contribution in [3.05, 3.63) is 59.4 Å². The summed E-state index contributed by atoms with van der Waals surface area (Å²) in [7, 11) is 0. The van der Waals surface area contributed by atoms with Crippen LogP contribution in [0.25, 0.3) is 4.96 Å². The van der Waals surface area contributed by atoms with Gasteiger partial charge in [-0.3, -0.25) is 4.40 Å². The molecule has 104 valence electrons. The largest absolute Gasteiger partial charge is 0.389 e. The van der Waals surface area contributed by atoms with Gasteiger partial charge in [0.1, 0.15) is 0 Å². The molecule has 2 aromatic heterocycles. The Morgan fingerprint density at radius 3 is 2.75 bits per heavy atom. The first-order valence-corrected chi connectivity index (χ1v) is 7.74. The highest BCUT2D eigenvalue weighted by Crippen LogP contribution is 2.23. The predicted molar refractivity (Wildman–Crippen MR) is 82.2 cm³/mol. The lowest BCUT2D eigenvalue weighted by atomic mass is 9.88. The van der Waals surface area contributed by atoms with Crippen LogP contribution in [0.4, 0.5) is 0 Å². The maximum absolute atomic E-state index is 10.8. The van der Waals surface area contributed by atoms with Gasteiger partial charge < -0.3 is 5.11 Å². The molecule has 4 heteroatoms. The van der Waals surface area contributed by atoms with Crippen molar-refractivity contribution < 1.29 is 5.11 Å². The highest BCUT2D eigenvalue weighted by Gasteiger charge is 2.26. The highest BCUT2D eigenvalue weighted by molar-refractivity contribution is 7.15. The first-order chi connectivity index (χ1) is 9.68. The van der Waals surface area contributed by atoms with Gasteiger partial charge in [-0.25, -0.2) is 4.98 Å². The minimum Gasteiger partial charge on any atom is -0.389 e. The fraction of sp³-hybridized carbons (Fsp3) is 0.312. The van der Waals surface area contributed by atoms with Crippen LogP contribution in [0, 0.1) is 0 Å². The van der Waals surface area contributed by atoms with Gasteiger partial charge in [-0.15, -0.1) is 11.3 Å². The molecule has 3 nitrogen and oxygen atoms in total. The number of fused-ring (bicyclic) bond motifs is 1. The molecule has 0 saturated heterocycles. The van der Waals surface area contributed by atoms with Crippen molar-refractivity contribution in [3.8, 4) is 0 Å². The van der Waals surface area contributed by atoms with E-state index in [0.29, 0.717) is 19.3 Å². The van der Waals surface area contributed by atoms with Crippen LogP contribution in [-0.4, -0.2) is 20.1 Å². The molecule has 2 heterocycles. The van der Waals surface area contributed by atoms with E-state index in [4.69, 9.17) is 0 Å². The Kier molecular flexibility index (Phi) is 3.59. The van der Waals surface area contributed by atoms with E-state index in [1.54, 1.807) is 11.3 Å². The predicted octanol–water partition coefficient (Wildman–Crippen LogP) is 3.32. The molecule has 1 aromatic carbocycles. The molecular weight excluding hydrogens is 268 g/mol. The smallest absolute Gasteiger partial charge is 0.193 e. The van der Waals surface area contributed by atoms with Gasteiger partial charge in [0, 0.05) is 30.6 Å². The van der Waals surface area contributed by atoms with Crippen LogP contribution in [0.3, 0.4) is 0 Å². The topological polar surface area (TPSA) is 37.5 Å². The Morgan fingerprint density at radius 2 is 2.05 bits per heavy atom. The molecule has 0 saturated carbocycles. The Hall–Kier alpha value is -1.65. The molecule has 1 atom stereocenters. The average molecular weight is 286 g/mol. The first kappa shape index (κ1) is 13.3. The van der Waals surface area contributed by atoms with Crippen LogP contribution in [0.5, 0.6) is 0 Å². The number of benzene rings is 1. The quantitative estimate of drug-likeness (QED) is 0.781. The molecule has 0 radical (unpaired) electrons. The molecule has 1 N–H and O–H groups in total. The van der Waals surface area contributed by atoms with E-state index in [1.807, 2.05) is 47.3 Å². The Bertz CT molecular complexity index is 660. The van der Waals surface area contributed by atoms with E-state index >= 15 is 0 Å². The maximum Gasteiger partial charge on any atom is 0.193 e. The number of hydrogen-bond donors (Lipinski definition) is 1. The maximum atomic E-state index is 10.8. The SMILES string of the molecule is CCC(O)(Cc1ccccc1)Cc1cn2ccsc2n1. The van der Waals surface area contributed by atoms with Crippen molar-refractivity contribution in [2.75, 3.05) is 0 Å². The van der Waals surface area contributed by atoms with Crippen LogP contribution in [-0.2, 0) is 12.8 Å². The summed E-state index contributed by atoms with van der Waals surface area (Å²) >= 11 is 1.62. The second-order valence-electron chi connectivity index (χ2n) is 5.24. The van der Waals surface area contributed by atoms with Crippen LogP contribution < -0.4 is 0 Å². The van der Waals surface area contributed by atoms with Gasteiger partial charge >= 0.3 is 0 Å². The standard InChI is InChI=1S/C16H18N2OS/c1-2-16(19,10-13-6-4-3-5-7-13)11-14-12-18-8-9-20-15(18)17-14/h3-9,12,19H,2,10-11H2,1H3. The lowest BCUT2D eigenvalue weighted by Gasteiger charge is -2.26. The molecule has 0 aliphatic heterocycles. The van der Waals surface area contributed by atoms with E-state index in [9.17, 15) is 5.11 Å². The number of hydrogen-bond acceptors (Lipinski definition) is 3. The van der Waals surface area contributed by atoms with Crippen LogP contribution in [0.15, 0.2) is 48.1 Å². The lowest BCUT2D eigenvalue weighted by molar-refractivity contribution is 0.0360. The Morgan fingerprint density at radius 1 is 1.25 bits per heavy atom. The Balaban J connectivity index is 1.79. The third kappa shape index (κ3) is 2.76. The van der Waals surface area contributed by atoms with Crippen molar-refractivity contribution in [2.45, 2.75) is 31.8 Å². The van der Waals surface area contributed by atoms with Crippen molar-refractivity contribution in [1.29, 1.82) is 0 Å². The summed E-state index contributed by atoms with van der Waals surface area (Å²) in [6, 6.07) is 10.1. The van der Waals surface area contributed by atoms with Crippen molar-refractivity contribution in [2.24, 2.45) is 0 Å². The normalized spacial score (nSPS) is 14.5. The number of imidazole rings is 1. The third-order valence-electron chi connectivity index (χ3n) is 3.69. The van der Waals surface area contributed by atoms with E-state index in [0.717, 1.165) is 16.2 Å². The van der Waals surface area contributed by atoms with Crippen molar-refractivity contribution in [1.82, 2.24) is 9.38 Å². The molecule has 20 heavy (non-hydrogen) atoms.